The van der Waals surface area contributed by atoms with E-state index in [0.29, 0.717) is 12.1 Å². The van der Waals surface area contributed by atoms with Crippen LogP contribution < -0.4 is 10.5 Å². The summed E-state index contributed by atoms with van der Waals surface area (Å²) >= 11 is 0. The topological polar surface area (TPSA) is 35.2 Å². The quantitative estimate of drug-likeness (QED) is 0.620. The molecule has 96 valence electrons. The maximum Gasteiger partial charge on any atom is 0.418 e. The largest absolute Gasteiger partial charge is 0.497 e. The first-order chi connectivity index (χ1) is 7.57. The van der Waals surface area contributed by atoms with Crippen LogP contribution >= 0.6 is 0 Å². The summed E-state index contributed by atoms with van der Waals surface area (Å²) in [5.41, 5.74) is 0.397. The first-order valence-electron chi connectivity index (χ1n) is 4.19. The van der Waals surface area contributed by atoms with Crippen LogP contribution in [-0.2, 0) is 12.4 Å². The van der Waals surface area contributed by atoms with Crippen molar-refractivity contribution in [2.45, 2.75) is 12.4 Å². The summed E-state index contributed by atoms with van der Waals surface area (Å²) in [5, 5.41) is 0. The van der Waals surface area contributed by atoms with Gasteiger partial charge in [-0.25, -0.2) is 0 Å². The van der Waals surface area contributed by atoms with Crippen LogP contribution in [0.15, 0.2) is 12.1 Å². The zero-order valence-corrected chi connectivity index (χ0v) is 8.41. The highest BCUT2D eigenvalue weighted by Crippen LogP contribution is 2.43. The Morgan fingerprint density at radius 3 is 1.53 bits per heavy atom. The number of hydrogen-bond acceptors (Lipinski definition) is 2. The van der Waals surface area contributed by atoms with Gasteiger partial charge < -0.3 is 10.5 Å². The summed E-state index contributed by atoms with van der Waals surface area (Å²) in [6.07, 6.45) is -9.95. The molecule has 0 bridgehead atoms. The smallest absolute Gasteiger partial charge is 0.418 e. The molecule has 1 aromatic carbocycles. The van der Waals surface area contributed by atoms with Crippen molar-refractivity contribution in [1.82, 2.24) is 0 Å². The second-order valence-corrected chi connectivity index (χ2v) is 3.13. The van der Waals surface area contributed by atoms with E-state index in [0.717, 1.165) is 7.11 Å². The van der Waals surface area contributed by atoms with Gasteiger partial charge in [-0.05, 0) is 12.1 Å². The lowest BCUT2D eigenvalue weighted by atomic mass is 10.1. The van der Waals surface area contributed by atoms with Gasteiger partial charge in [-0.3, -0.25) is 0 Å². The van der Waals surface area contributed by atoms with Gasteiger partial charge in [-0.15, -0.1) is 0 Å². The van der Waals surface area contributed by atoms with E-state index in [2.05, 4.69) is 4.74 Å². The van der Waals surface area contributed by atoms with Crippen molar-refractivity contribution < 1.29 is 31.1 Å². The second-order valence-electron chi connectivity index (χ2n) is 3.13. The van der Waals surface area contributed by atoms with Gasteiger partial charge in [0.2, 0.25) is 0 Å². The Bertz CT molecular complexity index is 387. The van der Waals surface area contributed by atoms with Gasteiger partial charge >= 0.3 is 12.4 Å². The van der Waals surface area contributed by atoms with Crippen molar-refractivity contribution in [3.05, 3.63) is 23.3 Å². The second kappa shape index (κ2) is 4.01. The molecule has 17 heavy (non-hydrogen) atoms. The minimum absolute atomic E-state index is 0.421. The minimum atomic E-state index is -4.97. The van der Waals surface area contributed by atoms with Crippen LogP contribution in [-0.4, -0.2) is 7.11 Å². The van der Waals surface area contributed by atoms with Crippen LogP contribution in [0.3, 0.4) is 0 Å². The number of hydrogen-bond donors (Lipinski definition) is 1. The molecule has 0 amide bonds. The predicted octanol–water partition coefficient (Wildman–Crippen LogP) is 3.32. The van der Waals surface area contributed by atoms with E-state index in [1.54, 1.807) is 0 Å². The Hall–Kier alpha value is -1.60. The Balaban J connectivity index is 3.53. The zero-order valence-electron chi connectivity index (χ0n) is 8.41. The monoisotopic (exact) mass is 259 g/mol. The van der Waals surface area contributed by atoms with Gasteiger partial charge in [0.1, 0.15) is 5.75 Å². The van der Waals surface area contributed by atoms with E-state index in [9.17, 15) is 26.3 Å². The van der Waals surface area contributed by atoms with Gasteiger partial charge in [0.05, 0.1) is 23.9 Å². The van der Waals surface area contributed by atoms with Crippen LogP contribution in [0.5, 0.6) is 5.75 Å². The molecule has 0 aliphatic rings. The van der Waals surface area contributed by atoms with Crippen molar-refractivity contribution in [3.63, 3.8) is 0 Å². The molecule has 0 saturated carbocycles. The van der Waals surface area contributed by atoms with Crippen molar-refractivity contribution in [3.8, 4) is 5.75 Å². The molecule has 2 nitrogen and oxygen atoms in total. The molecule has 0 aliphatic carbocycles. The first-order valence-corrected chi connectivity index (χ1v) is 4.19. The molecule has 1 rings (SSSR count). The number of nitrogen functional groups attached to an aromatic ring is 1. The van der Waals surface area contributed by atoms with E-state index in [1.807, 2.05) is 0 Å². The number of ether oxygens (including phenoxy) is 1. The highest BCUT2D eigenvalue weighted by Gasteiger charge is 2.40. The standard InChI is InChI=1S/C9H7F6NO/c1-17-4-2-5(8(10,11)12)7(16)6(3-4)9(13,14)15/h2-3H,16H2,1H3. The number of halogens is 6. The maximum atomic E-state index is 12.4. The molecule has 0 spiro atoms. The number of rotatable bonds is 1. The summed E-state index contributed by atoms with van der Waals surface area (Å²) in [7, 11) is 0.964. The predicted molar refractivity (Wildman–Crippen MR) is 47.4 cm³/mol. The number of nitrogens with two attached hydrogens (primary N) is 1. The molecule has 1 aromatic rings. The number of methoxy groups -OCH3 is 1. The van der Waals surface area contributed by atoms with E-state index in [1.165, 1.54) is 0 Å². The summed E-state index contributed by atoms with van der Waals surface area (Å²) in [4.78, 5) is 0. The summed E-state index contributed by atoms with van der Waals surface area (Å²) in [6, 6.07) is 0.842. The molecule has 0 aliphatic heterocycles. The molecule has 0 radical (unpaired) electrons. The summed E-state index contributed by atoms with van der Waals surface area (Å²) in [6.45, 7) is 0. The first kappa shape index (κ1) is 13.5. The molecule has 0 saturated heterocycles. The van der Waals surface area contributed by atoms with Crippen molar-refractivity contribution in [2.24, 2.45) is 0 Å². The lowest BCUT2D eigenvalue weighted by Gasteiger charge is -2.17. The number of alkyl halides is 6. The van der Waals surface area contributed by atoms with Crippen molar-refractivity contribution in [2.75, 3.05) is 12.8 Å². The lowest BCUT2D eigenvalue weighted by molar-refractivity contribution is -0.141. The molecular weight excluding hydrogens is 252 g/mol. The SMILES string of the molecule is COc1cc(C(F)(F)F)c(N)c(C(F)(F)F)c1. The van der Waals surface area contributed by atoms with Gasteiger partial charge in [-0.1, -0.05) is 0 Å². The van der Waals surface area contributed by atoms with Crippen molar-refractivity contribution in [1.29, 1.82) is 0 Å². The molecule has 0 aromatic heterocycles. The normalized spacial score (nSPS) is 12.6. The fourth-order valence-electron chi connectivity index (χ4n) is 1.21. The Kier molecular flexibility index (Phi) is 3.17. The maximum absolute atomic E-state index is 12.4. The number of anilines is 1. The molecule has 0 atom stereocenters. The third kappa shape index (κ3) is 2.75. The zero-order chi connectivity index (χ0) is 13.4. The van der Waals surface area contributed by atoms with Crippen LogP contribution in [0.4, 0.5) is 32.0 Å². The van der Waals surface area contributed by atoms with Crippen molar-refractivity contribution >= 4 is 5.69 Å². The molecule has 8 heteroatoms. The lowest BCUT2D eigenvalue weighted by Crippen LogP contribution is -2.16. The molecule has 0 heterocycles. The average molecular weight is 259 g/mol. The highest BCUT2D eigenvalue weighted by molar-refractivity contribution is 5.59. The van der Waals surface area contributed by atoms with E-state index < -0.39 is 34.9 Å². The van der Waals surface area contributed by atoms with Gasteiger partial charge in [0.15, 0.2) is 0 Å². The summed E-state index contributed by atoms with van der Waals surface area (Å²) < 4.78 is 79.0. The number of benzene rings is 1. The highest BCUT2D eigenvalue weighted by atomic mass is 19.4. The van der Waals surface area contributed by atoms with Gasteiger partial charge in [0.25, 0.3) is 0 Å². The Morgan fingerprint density at radius 2 is 1.29 bits per heavy atom. The fraction of sp³-hybridized carbons (Fsp3) is 0.333. The molecule has 0 fully saturated rings. The molecule has 2 N–H and O–H groups in total. The van der Waals surface area contributed by atoms with E-state index >= 15 is 0 Å². The Labute approximate surface area is 92.0 Å². The molecular formula is C9H7F6NO. The van der Waals surface area contributed by atoms with Crippen LogP contribution in [0.1, 0.15) is 11.1 Å². The van der Waals surface area contributed by atoms with Crippen LogP contribution in [0, 0.1) is 0 Å². The van der Waals surface area contributed by atoms with Gasteiger partial charge in [0, 0.05) is 0 Å². The summed E-state index contributed by atoms with van der Waals surface area (Å²) in [5.74, 6) is -0.557. The minimum Gasteiger partial charge on any atom is -0.497 e. The van der Waals surface area contributed by atoms with Crippen LogP contribution in [0.2, 0.25) is 0 Å². The third-order valence-corrected chi connectivity index (χ3v) is 2.00. The van der Waals surface area contributed by atoms with E-state index in [4.69, 9.17) is 5.73 Å². The van der Waals surface area contributed by atoms with E-state index in [-0.39, 0.29) is 0 Å². The molecule has 0 unspecified atom stereocenters. The average Bonchev–Trinajstić information content (AvgIpc) is 2.14. The fourth-order valence-corrected chi connectivity index (χ4v) is 1.21. The van der Waals surface area contributed by atoms with Gasteiger partial charge in [-0.2, -0.15) is 26.3 Å². The third-order valence-electron chi connectivity index (χ3n) is 2.00. The van der Waals surface area contributed by atoms with Crippen LogP contribution in [0.25, 0.3) is 0 Å². The Morgan fingerprint density at radius 1 is 0.941 bits per heavy atom.